The van der Waals surface area contributed by atoms with E-state index in [-0.39, 0.29) is 17.7 Å². The van der Waals surface area contributed by atoms with Gasteiger partial charge in [-0.15, -0.1) is 0 Å². The van der Waals surface area contributed by atoms with Gasteiger partial charge in [-0.2, -0.15) is 0 Å². The fourth-order valence-electron chi connectivity index (χ4n) is 6.45. The predicted molar refractivity (Wildman–Crippen MR) is 154 cm³/mol. The number of amides is 2. The molecule has 5 rings (SSSR count). The predicted octanol–water partition coefficient (Wildman–Crippen LogP) is 4.93. The van der Waals surface area contributed by atoms with Gasteiger partial charge in [0.15, 0.2) is 5.60 Å². The number of hydrogen-bond acceptors (Lipinski definition) is 5. The van der Waals surface area contributed by atoms with Gasteiger partial charge in [-0.3, -0.25) is 15.4 Å². The minimum Gasteiger partial charge on any atom is -0.478 e. The first kappa shape index (κ1) is 27.7. The summed E-state index contributed by atoms with van der Waals surface area (Å²) in [5, 5.41) is 1.74. The summed E-state index contributed by atoms with van der Waals surface area (Å²) in [6, 6.07) is 16.4. The van der Waals surface area contributed by atoms with E-state index in [9.17, 15) is 9.59 Å². The molecule has 2 aromatic rings. The zero-order chi connectivity index (χ0) is 27.4. The van der Waals surface area contributed by atoms with Crippen molar-refractivity contribution in [2.45, 2.75) is 76.2 Å². The summed E-state index contributed by atoms with van der Waals surface area (Å²) in [5.74, 6) is 7.48. The van der Waals surface area contributed by atoms with Crippen molar-refractivity contribution in [1.29, 1.82) is 0 Å². The Morgan fingerprint density at radius 1 is 0.795 bits per heavy atom. The van der Waals surface area contributed by atoms with Crippen LogP contribution in [0.5, 0.6) is 5.75 Å². The number of carbonyl (C=O) groups excluding carboxylic acids is 2. The molecule has 2 amide bonds. The van der Waals surface area contributed by atoms with Crippen molar-refractivity contribution in [1.82, 2.24) is 14.8 Å². The molecule has 2 aliphatic heterocycles. The molecule has 210 valence electrons. The highest BCUT2D eigenvalue weighted by Gasteiger charge is 2.36. The first-order chi connectivity index (χ1) is 18.8. The Hall–Kier alpha value is -2.90. The maximum absolute atomic E-state index is 13.6. The van der Waals surface area contributed by atoms with E-state index in [4.69, 9.17) is 10.6 Å². The molecule has 2 aromatic carbocycles. The van der Waals surface area contributed by atoms with Crippen molar-refractivity contribution in [3.8, 4) is 5.75 Å². The van der Waals surface area contributed by atoms with Crippen molar-refractivity contribution in [3.63, 3.8) is 0 Å². The Kier molecular flexibility index (Phi) is 8.57. The summed E-state index contributed by atoms with van der Waals surface area (Å²) in [4.78, 5) is 30.6. The first-order valence-electron chi connectivity index (χ1n) is 14.8. The zero-order valence-corrected chi connectivity index (χ0v) is 23.6. The molecule has 7 nitrogen and oxygen atoms in total. The minimum atomic E-state index is -0.979. The normalized spacial score (nSPS) is 21.6. The van der Waals surface area contributed by atoms with Crippen molar-refractivity contribution in [3.05, 3.63) is 65.2 Å². The third kappa shape index (κ3) is 6.64. The molecule has 1 aliphatic carbocycles. The van der Waals surface area contributed by atoms with Crippen molar-refractivity contribution in [2.24, 2.45) is 5.84 Å². The lowest BCUT2D eigenvalue weighted by atomic mass is 9.83. The van der Waals surface area contributed by atoms with E-state index in [0.717, 1.165) is 30.5 Å². The molecule has 0 spiro atoms. The number of ether oxygens (including phenoxy) is 1. The molecule has 39 heavy (non-hydrogen) atoms. The molecule has 7 heteroatoms. The number of rotatable bonds is 6. The quantitative estimate of drug-likeness (QED) is 0.534. The Morgan fingerprint density at radius 3 is 2.21 bits per heavy atom. The Bertz CT molecular complexity index is 1150. The second kappa shape index (κ2) is 12.1. The van der Waals surface area contributed by atoms with Crippen LogP contribution in [-0.2, 0) is 4.79 Å². The van der Waals surface area contributed by atoms with Gasteiger partial charge in [0, 0.05) is 50.7 Å². The standard InChI is InChI=1S/C32H44N4O3/c1-32(2,31(38)34-17-19-36(33)20-18-34)39-29-15-7-12-26(22-29)28-14-8-16-35(23-28)30(37)27-13-6-11-25(21-27)24-9-4-3-5-10-24/h6-7,11-13,15,21-22,24,28H,3-5,8-10,14,16-20,23,33H2,1-2H3. The summed E-state index contributed by atoms with van der Waals surface area (Å²) < 4.78 is 6.27. The fraction of sp³-hybridized carbons (Fsp3) is 0.562. The van der Waals surface area contributed by atoms with Crippen LogP contribution in [0.3, 0.4) is 0 Å². The maximum atomic E-state index is 13.6. The van der Waals surface area contributed by atoms with E-state index in [1.807, 2.05) is 41.8 Å². The van der Waals surface area contributed by atoms with E-state index in [2.05, 4.69) is 30.3 Å². The van der Waals surface area contributed by atoms with Crippen LogP contribution >= 0.6 is 0 Å². The monoisotopic (exact) mass is 532 g/mol. The highest BCUT2D eigenvalue weighted by molar-refractivity contribution is 5.94. The van der Waals surface area contributed by atoms with Crippen LogP contribution in [0.4, 0.5) is 0 Å². The molecule has 2 heterocycles. The van der Waals surface area contributed by atoms with E-state index in [1.165, 1.54) is 37.7 Å². The van der Waals surface area contributed by atoms with Gasteiger partial charge >= 0.3 is 0 Å². The van der Waals surface area contributed by atoms with Gasteiger partial charge in [0.2, 0.25) is 0 Å². The van der Waals surface area contributed by atoms with Crippen LogP contribution < -0.4 is 10.6 Å². The number of hydrogen-bond donors (Lipinski definition) is 1. The molecule has 3 fully saturated rings. The number of carbonyl (C=O) groups is 2. The van der Waals surface area contributed by atoms with Gasteiger partial charge in [-0.05, 0) is 80.8 Å². The van der Waals surface area contributed by atoms with Gasteiger partial charge in [0.25, 0.3) is 11.8 Å². The highest BCUT2D eigenvalue weighted by atomic mass is 16.5. The Morgan fingerprint density at radius 2 is 1.46 bits per heavy atom. The number of nitrogens with two attached hydrogens (primary N) is 1. The molecule has 0 radical (unpaired) electrons. The van der Waals surface area contributed by atoms with Gasteiger partial charge in [0.1, 0.15) is 5.75 Å². The SMILES string of the molecule is CC(C)(Oc1cccc(C2CCCN(C(=O)c3cccc(C4CCCCC4)c3)C2)c1)C(=O)N1CCN(N)CC1. The molecule has 2 saturated heterocycles. The molecule has 3 aliphatic rings. The summed E-state index contributed by atoms with van der Waals surface area (Å²) in [5.41, 5.74) is 2.31. The summed E-state index contributed by atoms with van der Waals surface area (Å²) in [6.07, 6.45) is 8.37. The largest absolute Gasteiger partial charge is 0.478 e. The molecular formula is C32H44N4O3. The molecule has 2 N–H and O–H groups in total. The first-order valence-corrected chi connectivity index (χ1v) is 14.8. The number of hydrazine groups is 1. The van der Waals surface area contributed by atoms with Crippen LogP contribution in [0.2, 0.25) is 0 Å². The molecular weight excluding hydrogens is 488 g/mol. The van der Waals surface area contributed by atoms with Crippen LogP contribution in [0.25, 0.3) is 0 Å². The molecule has 0 bridgehead atoms. The number of likely N-dealkylation sites (tertiary alicyclic amines) is 1. The summed E-state index contributed by atoms with van der Waals surface area (Å²) >= 11 is 0. The average Bonchev–Trinajstić information content (AvgIpc) is 2.97. The number of benzene rings is 2. The summed E-state index contributed by atoms with van der Waals surface area (Å²) in [6.45, 7) is 7.70. The van der Waals surface area contributed by atoms with E-state index < -0.39 is 5.60 Å². The third-order valence-electron chi connectivity index (χ3n) is 8.74. The molecule has 1 unspecified atom stereocenters. The topological polar surface area (TPSA) is 79.1 Å². The highest BCUT2D eigenvalue weighted by Crippen LogP contribution is 2.34. The number of piperazine rings is 1. The average molecular weight is 533 g/mol. The second-order valence-corrected chi connectivity index (χ2v) is 12.1. The lowest BCUT2D eigenvalue weighted by Crippen LogP contribution is -2.57. The number of nitrogens with zero attached hydrogens (tertiary/aromatic N) is 3. The smallest absolute Gasteiger partial charge is 0.266 e. The molecule has 1 atom stereocenters. The maximum Gasteiger partial charge on any atom is 0.266 e. The van der Waals surface area contributed by atoms with Gasteiger partial charge in [-0.1, -0.05) is 43.5 Å². The van der Waals surface area contributed by atoms with Crippen molar-refractivity contribution >= 4 is 11.8 Å². The molecule has 0 aromatic heterocycles. The zero-order valence-electron chi connectivity index (χ0n) is 23.6. The van der Waals surface area contributed by atoms with Gasteiger partial charge < -0.3 is 14.5 Å². The van der Waals surface area contributed by atoms with Crippen LogP contribution in [0.15, 0.2) is 48.5 Å². The van der Waals surface area contributed by atoms with E-state index >= 15 is 0 Å². The van der Waals surface area contributed by atoms with Gasteiger partial charge in [-0.25, -0.2) is 5.01 Å². The van der Waals surface area contributed by atoms with E-state index in [1.54, 1.807) is 5.01 Å². The Balaban J connectivity index is 1.24. The van der Waals surface area contributed by atoms with Crippen LogP contribution in [0.1, 0.15) is 92.1 Å². The third-order valence-corrected chi connectivity index (χ3v) is 8.74. The second-order valence-electron chi connectivity index (χ2n) is 12.1. The Labute approximate surface area is 233 Å². The lowest BCUT2D eigenvalue weighted by molar-refractivity contribution is -0.147. The summed E-state index contributed by atoms with van der Waals surface area (Å²) in [7, 11) is 0. The lowest BCUT2D eigenvalue weighted by Gasteiger charge is -2.37. The fourth-order valence-corrected chi connectivity index (χ4v) is 6.45. The number of piperidine rings is 1. The van der Waals surface area contributed by atoms with Crippen molar-refractivity contribution < 1.29 is 14.3 Å². The van der Waals surface area contributed by atoms with Crippen LogP contribution in [-0.4, -0.2) is 71.5 Å². The van der Waals surface area contributed by atoms with Crippen molar-refractivity contribution in [2.75, 3.05) is 39.3 Å². The minimum absolute atomic E-state index is 0.0223. The van der Waals surface area contributed by atoms with Crippen LogP contribution in [0, 0.1) is 0 Å². The molecule has 1 saturated carbocycles. The van der Waals surface area contributed by atoms with E-state index in [0.29, 0.717) is 44.4 Å². The van der Waals surface area contributed by atoms with Gasteiger partial charge in [0.05, 0.1) is 0 Å².